The van der Waals surface area contributed by atoms with Crippen molar-refractivity contribution in [1.82, 2.24) is 14.8 Å². The van der Waals surface area contributed by atoms with Crippen LogP contribution in [0.1, 0.15) is 6.92 Å². The van der Waals surface area contributed by atoms with Crippen LogP contribution in [0.4, 0.5) is 17.6 Å². The molecule has 170 valence electrons. The monoisotopic (exact) mass is 476 g/mol. The first-order valence-electron chi connectivity index (χ1n) is 9.60. The first kappa shape index (κ1) is 22.6. The molecular formula is C22H16F4N4O2S. The van der Waals surface area contributed by atoms with Gasteiger partial charge in [-0.1, -0.05) is 0 Å². The molecule has 0 aliphatic rings. The summed E-state index contributed by atoms with van der Waals surface area (Å²) in [6.45, 7) is 2.18. The molecule has 0 radical (unpaired) electrons. The van der Waals surface area contributed by atoms with Crippen molar-refractivity contribution in [3.8, 4) is 33.5 Å². The molecule has 0 aliphatic carbocycles. The zero-order valence-electron chi connectivity index (χ0n) is 17.1. The maximum absolute atomic E-state index is 15.7. The van der Waals surface area contributed by atoms with Gasteiger partial charge in [0, 0.05) is 41.8 Å². The van der Waals surface area contributed by atoms with Crippen molar-refractivity contribution in [2.75, 3.05) is 0 Å². The average molecular weight is 476 g/mol. The molecule has 0 unspecified atom stereocenters. The standard InChI is InChI=1S/C22H16F4N4O2S/c1-2-30-11-16(12-5-7-28-8-6-12)22(29-30)19-17(24)4-3-14(21(19)26)15-9-13(23)10-18(20(15)25)33(27,31)32/h3-11H,2H2,1H3,(H2,27,31,32). The minimum absolute atomic E-state index is 0.0663. The smallest absolute Gasteiger partial charge is 0.241 e. The molecule has 0 saturated heterocycles. The molecular weight excluding hydrogens is 460 g/mol. The molecule has 0 atom stereocenters. The summed E-state index contributed by atoms with van der Waals surface area (Å²) < 4.78 is 84.4. The number of halogens is 4. The van der Waals surface area contributed by atoms with E-state index in [1.54, 1.807) is 25.3 Å². The van der Waals surface area contributed by atoms with Gasteiger partial charge < -0.3 is 0 Å². The number of primary sulfonamides is 1. The molecule has 2 heterocycles. The number of sulfonamides is 1. The Labute approximate surface area is 186 Å². The van der Waals surface area contributed by atoms with E-state index >= 15 is 4.39 Å². The Bertz CT molecular complexity index is 1470. The second-order valence-corrected chi connectivity index (χ2v) is 8.61. The van der Waals surface area contributed by atoms with Gasteiger partial charge in [-0.2, -0.15) is 5.10 Å². The zero-order chi connectivity index (χ0) is 23.9. The van der Waals surface area contributed by atoms with Crippen LogP contribution in [0.5, 0.6) is 0 Å². The third kappa shape index (κ3) is 4.12. The number of hydrogen-bond acceptors (Lipinski definition) is 4. The average Bonchev–Trinajstić information content (AvgIpc) is 3.19. The summed E-state index contributed by atoms with van der Waals surface area (Å²) in [7, 11) is -4.65. The number of nitrogens with zero attached hydrogens (tertiary/aromatic N) is 3. The van der Waals surface area contributed by atoms with Crippen LogP contribution in [0.15, 0.2) is 59.9 Å². The number of rotatable bonds is 5. The first-order valence-corrected chi connectivity index (χ1v) is 11.1. The Morgan fingerprint density at radius 3 is 2.27 bits per heavy atom. The fraction of sp³-hybridized carbons (Fsp3) is 0.0909. The summed E-state index contributed by atoms with van der Waals surface area (Å²) in [5.74, 6) is -4.84. The van der Waals surface area contributed by atoms with E-state index in [2.05, 4.69) is 10.1 Å². The van der Waals surface area contributed by atoms with E-state index in [-0.39, 0.29) is 5.69 Å². The van der Waals surface area contributed by atoms with Crippen molar-refractivity contribution in [3.63, 3.8) is 0 Å². The third-order valence-corrected chi connectivity index (χ3v) is 5.92. The first-order chi connectivity index (χ1) is 15.6. The number of benzene rings is 2. The maximum atomic E-state index is 15.7. The van der Waals surface area contributed by atoms with E-state index < -0.39 is 54.9 Å². The van der Waals surface area contributed by atoms with Gasteiger partial charge in [-0.05, 0) is 48.9 Å². The summed E-state index contributed by atoms with van der Waals surface area (Å²) >= 11 is 0. The Morgan fingerprint density at radius 2 is 1.64 bits per heavy atom. The molecule has 0 fully saturated rings. The fourth-order valence-corrected chi connectivity index (χ4v) is 4.09. The normalized spacial score (nSPS) is 11.7. The summed E-state index contributed by atoms with van der Waals surface area (Å²) in [5, 5.41) is 9.21. The number of nitrogens with two attached hydrogens (primary N) is 1. The van der Waals surface area contributed by atoms with Crippen LogP contribution in [0, 0.1) is 23.3 Å². The molecule has 2 aromatic heterocycles. The van der Waals surface area contributed by atoms with Crippen molar-refractivity contribution >= 4 is 10.0 Å². The van der Waals surface area contributed by atoms with Crippen molar-refractivity contribution in [2.24, 2.45) is 5.14 Å². The van der Waals surface area contributed by atoms with E-state index in [0.717, 1.165) is 12.1 Å². The quantitative estimate of drug-likeness (QED) is 0.430. The molecule has 11 heteroatoms. The zero-order valence-corrected chi connectivity index (χ0v) is 17.9. The van der Waals surface area contributed by atoms with Gasteiger partial charge in [0.1, 0.15) is 28.0 Å². The van der Waals surface area contributed by atoms with Crippen LogP contribution >= 0.6 is 0 Å². The van der Waals surface area contributed by atoms with E-state index in [9.17, 15) is 21.6 Å². The van der Waals surface area contributed by atoms with Crippen LogP contribution in [0.25, 0.3) is 33.5 Å². The highest BCUT2D eigenvalue weighted by atomic mass is 32.2. The molecule has 0 spiro atoms. The second-order valence-electron chi connectivity index (χ2n) is 7.08. The van der Waals surface area contributed by atoms with Gasteiger partial charge in [0.15, 0.2) is 5.82 Å². The SMILES string of the molecule is CCn1cc(-c2ccncc2)c(-c2c(F)ccc(-c3cc(F)cc(S(N)(=O)=O)c3F)c2F)n1. The van der Waals surface area contributed by atoms with Crippen molar-refractivity contribution in [2.45, 2.75) is 18.4 Å². The van der Waals surface area contributed by atoms with Crippen LogP contribution in [0.2, 0.25) is 0 Å². The van der Waals surface area contributed by atoms with E-state index in [0.29, 0.717) is 29.8 Å². The summed E-state index contributed by atoms with van der Waals surface area (Å²) in [5.41, 5.74) is -0.953. The van der Waals surface area contributed by atoms with Gasteiger partial charge in [-0.25, -0.2) is 31.1 Å². The van der Waals surface area contributed by atoms with Crippen molar-refractivity contribution in [3.05, 3.63) is 78.3 Å². The Kier molecular flexibility index (Phi) is 5.76. The van der Waals surface area contributed by atoms with Crippen LogP contribution in [-0.2, 0) is 16.6 Å². The molecule has 4 rings (SSSR count). The predicted octanol–water partition coefficient (Wildman–Crippen LogP) is 4.50. The molecule has 33 heavy (non-hydrogen) atoms. The number of aromatic nitrogens is 3. The molecule has 4 aromatic rings. The Morgan fingerprint density at radius 1 is 0.939 bits per heavy atom. The lowest BCUT2D eigenvalue weighted by Crippen LogP contribution is -2.15. The molecule has 2 N–H and O–H groups in total. The third-order valence-electron chi connectivity index (χ3n) is 5.01. The van der Waals surface area contributed by atoms with E-state index in [1.165, 1.54) is 17.1 Å². The minimum atomic E-state index is -4.65. The summed E-state index contributed by atoms with van der Waals surface area (Å²) in [6.07, 6.45) is 4.60. The van der Waals surface area contributed by atoms with Gasteiger partial charge >= 0.3 is 0 Å². The predicted molar refractivity (Wildman–Crippen MR) is 113 cm³/mol. The Balaban J connectivity index is 2.01. The highest BCUT2D eigenvalue weighted by Crippen LogP contribution is 2.39. The van der Waals surface area contributed by atoms with Gasteiger partial charge in [-0.3, -0.25) is 9.67 Å². The lowest BCUT2D eigenvalue weighted by atomic mass is 9.96. The molecule has 2 aromatic carbocycles. The molecule has 0 amide bonds. The van der Waals surface area contributed by atoms with Crippen molar-refractivity contribution < 1.29 is 26.0 Å². The van der Waals surface area contributed by atoms with E-state index in [4.69, 9.17) is 5.14 Å². The van der Waals surface area contributed by atoms with Gasteiger partial charge in [-0.15, -0.1) is 0 Å². The molecule has 0 aliphatic heterocycles. The highest BCUT2D eigenvalue weighted by Gasteiger charge is 2.27. The van der Waals surface area contributed by atoms with Crippen molar-refractivity contribution in [1.29, 1.82) is 0 Å². The number of hydrogen-bond donors (Lipinski definition) is 1. The van der Waals surface area contributed by atoms with Crippen LogP contribution in [0.3, 0.4) is 0 Å². The molecule has 0 saturated carbocycles. The maximum Gasteiger partial charge on any atom is 0.241 e. The van der Waals surface area contributed by atoms with Gasteiger partial charge in [0.2, 0.25) is 10.0 Å². The summed E-state index contributed by atoms with van der Waals surface area (Å²) in [4.78, 5) is 2.78. The number of pyridine rings is 1. The largest absolute Gasteiger partial charge is 0.272 e. The Hall–Kier alpha value is -3.57. The van der Waals surface area contributed by atoms with Gasteiger partial charge in [0.25, 0.3) is 0 Å². The molecule has 0 bridgehead atoms. The number of aryl methyl sites for hydroxylation is 1. The van der Waals surface area contributed by atoms with E-state index in [1.807, 2.05) is 0 Å². The second kappa shape index (κ2) is 8.41. The minimum Gasteiger partial charge on any atom is -0.272 e. The summed E-state index contributed by atoms with van der Waals surface area (Å²) in [6, 6.07) is 6.02. The lowest BCUT2D eigenvalue weighted by Gasteiger charge is -2.12. The van der Waals surface area contributed by atoms with Crippen LogP contribution < -0.4 is 5.14 Å². The highest BCUT2D eigenvalue weighted by molar-refractivity contribution is 7.89. The van der Waals surface area contributed by atoms with Crippen LogP contribution in [-0.4, -0.2) is 23.2 Å². The van der Waals surface area contributed by atoms with Gasteiger partial charge in [0.05, 0.1) is 5.56 Å². The fourth-order valence-electron chi connectivity index (χ4n) is 3.46. The topological polar surface area (TPSA) is 90.9 Å². The lowest BCUT2D eigenvalue weighted by molar-refractivity contribution is 0.553. The molecule has 6 nitrogen and oxygen atoms in total.